The van der Waals surface area contributed by atoms with E-state index < -0.39 is 6.09 Å². The summed E-state index contributed by atoms with van der Waals surface area (Å²) >= 11 is 11.4. The Labute approximate surface area is 103 Å². The van der Waals surface area contributed by atoms with E-state index in [4.69, 9.17) is 33.2 Å². The second-order valence-electron chi connectivity index (χ2n) is 2.83. The molecule has 1 amide bonds. The van der Waals surface area contributed by atoms with Gasteiger partial charge in [-0.3, -0.25) is 0 Å². The molecule has 0 saturated heterocycles. The molecule has 16 heavy (non-hydrogen) atoms. The molecule has 1 N–H and O–H groups in total. The number of hydrogen-bond donors (Lipinski definition) is 1. The fraction of sp³-hybridized carbons (Fsp3) is 0.200. The highest BCUT2D eigenvalue weighted by molar-refractivity contribution is 6.34. The summed E-state index contributed by atoms with van der Waals surface area (Å²) < 4.78 is 4.89. The molecule has 0 aliphatic heterocycles. The molecule has 0 unspecified atom stereocenters. The van der Waals surface area contributed by atoms with Crippen molar-refractivity contribution < 1.29 is 9.53 Å². The van der Waals surface area contributed by atoms with E-state index in [0.29, 0.717) is 10.0 Å². The van der Waals surface area contributed by atoms with Crippen LogP contribution in [-0.4, -0.2) is 12.6 Å². The van der Waals surface area contributed by atoms with E-state index in [1.54, 1.807) is 0 Å². The maximum atomic E-state index is 11.2. The van der Waals surface area contributed by atoms with Crippen LogP contribution in [0.25, 0.3) is 0 Å². The van der Waals surface area contributed by atoms with Crippen LogP contribution in [0.3, 0.4) is 0 Å². The molecule has 0 aliphatic carbocycles. The van der Waals surface area contributed by atoms with Crippen LogP contribution in [0.15, 0.2) is 18.2 Å². The Morgan fingerprint density at radius 3 is 2.56 bits per heavy atom. The van der Waals surface area contributed by atoms with E-state index in [1.165, 1.54) is 18.2 Å². The van der Waals surface area contributed by atoms with Crippen molar-refractivity contribution in [3.05, 3.63) is 28.2 Å². The second kappa shape index (κ2) is 6.21. The highest BCUT2D eigenvalue weighted by Gasteiger charge is 2.05. The summed E-state index contributed by atoms with van der Waals surface area (Å²) in [5.41, 5.74) is 0. The monoisotopic (exact) mass is 258 g/mol. The van der Waals surface area contributed by atoms with Gasteiger partial charge in [-0.1, -0.05) is 23.2 Å². The molecular weight excluding hydrogens is 251 g/mol. The maximum absolute atomic E-state index is 11.2. The SMILES string of the molecule is N#CCCNC(=O)Oc1cc(Cl)cc(Cl)c1. The van der Waals surface area contributed by atoms with Gasteiger partial charge in [0.05, 0.1) is 12.5 Å². The average molecular weight is 259 g/mol. The molecule has 0 spiro atoms. The van der Waals surface area contributed by atoms with Crippen LogP contribution in [0.4, 0.5) is 4.79 Å². The molecule has 0 atom stereocenters. The molecule has 0 heterocycles. The molecule has 0 saturated carbocycles. The number of halogens is 2. The van der Waals surface area contributed by atoms with Gasteiger partial charge < -0.3 is 10.1 Å². The van der Waals surface area contributed by atoms with Crippen LogP contribution in [0.1, 0.15) is 6.42 Å². The second-order valence-corrected chi connectivity index (χ2v) is 3.70. The predicted molar refractivity (Wildman–Crippen MR) is 60.7 cm³/mol. The van der Waals surface area contributed by atoms with E-state index in [-0.39, 0.29) is 18.7 Å². The van der Waals surface area contributed by atoms with Crippen molar-refractivity contribution in [3.63, 3.8) is 0 Å². The first kappa shape index (κ1) is 12.6. The molecule has 84 valence electrons. The first-order chi connectivity index (χ1) is 7.61. The predicted octanol–water partition coefficient (Wildman–Crippen LogP) is 3.00. The minimum Gasteiger partial charge on any atom is -0.410 e. The minimum atomic E-state index is -0.645. The zero-order chi connectivity index (χ0) is 12.0. The number of carbonyl (C=O) groups is 1. The first-order valence-electron chi connectivity index (χ1n) is 4.40. The molecule has 4 nitrogen and oxygen atoms in total. The number of rotatable bonds is 3. The number of hydrogen-bond acceptors (Lipinski definition) is 3. The van der Waals surface area contributed by atoms with Crippen molar-refractivity contribution >= 4 is 29.3 Å². The number of nitrogens with zero attached hydrogens (tertiary/aromatic N) is 1. The number of amides is 1. The maximum Gasteiger partial charge on any atom is 0.412 e. The molecule has 0 aromatic heterocycles. The fourth-order valence-electron chi connectivity index (χ4n) is 0.951. The molecule has 0 aliphatic rings. The van der Waals surface area contributed by atoms with Crippen LogP contribution in [0, 0.1) is 11.3 Å². The Bertz CT molecular complexity index is 409. The van der Waals surface area contributed by atoms with Crippen molar-refractivity contribution in [2.75, 3.05) is 6.54 Å². The number of benzene rings is 1. The Balaban J connectivity index is 2.53. The average Bonchev–Trinajstić information content (AvgIpc) is 2.16. The third-order valence-corrected chi connectivity index (χ3v) is 1.99. The van der Waals surface area contributed by atoms with Crippen LogP contribution in [0.5, 0.6) is 5.75 Å². The lowest BCUT2D eigenvalue weighted by molar-refractivity contribution is 0.201. The van der Waals surface area contributed by atoms with Gasteiger partial charge in [-0.05, 0) is 18.2 Å². The summed E-state index contributed by atoms with van der Waals surface area (Å²) in [6.45, 7) is 0.240. The van der Waals surface area contributed by atoms with E-state index in [9.17, 15) is 4.79 Å². The van der Waals surface area contributed by atoms with Gasteiger partial charge in [-0.25, -0.2) is 4.79 Å². The minimum absolute atomic E-state index is 0.228. The van der Waals surface area contributed by atoms with Gasteiger partial charge in [0.2, 0.25) is 0 Å². The topological polar surface area (TPSA) is 62.1 Å². The Hall–Kier alpha value is -1.44. The summed E-state index contributed by atoms with van der Waals surface area (Å²) in [6, 6.07) is 6.36. The van der Waals surface area contributed by atoms with Crippen LogP contribution in [0.2, 0.25) is 10.0 Å². The number of carbonyl (C=O) groups excluding carboxylic acids is 1. The molecule has 0 fully saturated rings. The summed E-state index contributed by atoms with van der Waals surface area (Å²) in [5, 5.41) is 11.4. The van der Waals surface area contributed by atoms with Crippen molar-refractivity contribution in [3.8, 4) is 11.8 Å². The number of nitriles is 1. The standard InChI is InChI=1S/C10H8Cl2N2O2/c11-7-4-8(12)6-9(5-7)16-10(15)14-3-1-2-13/h4-6H,1,3H2,(H,14,15). The van der Waals surface area contributed by atoms with Crippen LogP contribution in [-0.2, 0) is 0 Å². The van der Waals surface area contributed by atoms with Crippen molar-refractivity contribution in [2.24, 2.45) is 0 Å². The molecular formula is C10H8Cl2N2O2. The third kappa shape index (κ3) is 4.39. The molecule has 1 aromatic rings. The summed E-state index contributed by atoms with van der Waals surface area (Å²) in [7, 11) is 0. The zero-order valence-electron chi connectivity index (χ0n) is 8.17. The smallest absolute Gasteiger partial charge is 0.410 e. The highest BCUT2D eigenvalue weighted by atomic mass is 35.5. The van der Waals surface area contributed by atoms with Crippen LogP contribution >= 0.6 is 23.2 Å². The Kier molecular flexibility index (Phi) is 4.90. The van der Waals surface area contributed by atoms with Gasteiger partial charge in [0.25, 0.3) is 0 Å². The van der Waals surface area contributed by atoms with Gasteiger partial charge in [0.15, 0.2) is 0 Å². The van der Waals surface area contributed by atoms with Crippen molar-refractivity contribution in [1.82, 2.24) is 5.32 Å². The summed E-state index contributed by atoms with van der Waals surface area (Å²) in [6.07, 6.45) is -0.417. The van der Waals surface area contributed by atoms with E-state index in [1.807, 2.05) is 6.07 Å². The fourth-order valence-corrected chi connectivity index (χ4v) is 1.46. The lowest BCUT2D eigenvalue weighted by Gasteiger charge is -2.05. The Morgan fingerprint density at radius 2 is 2.00 bits per heavy atom. The number of nitrogens with one attached hydrogen (secondary N) is 1. The van der Waals surface area contributed by atoms with Gasteiger partial charge in [0, 0.05) is 16.6 Å². The lowest BCUT2D eigenvalue weighted by atomic mass is 10.3. The molecule has 6 heteroatoms. The molecule has 1 aromatic carbocycles. The van der Waals surface area contributed by atoms with Crippen LogP contribution < -0.4 is 10.1 Å². The molecule has 1 rings (SSSR count). The highest BCUT2D eigenvalue weighted by Crippen LogP contribution is 2.24. The largest absolute Gasteiger partial charge is 0.412 e. The van der Waals surface area contributed by atoms with E-state index in [2.05, 4.69) is 5.32 Å². The van der Waals surface area contributed by atoms with E-state index in [0.717, 1.165) is 0 Å². The Morgan fingerprint density at radius 1 is 1.38 bits per heavy atom. The third-order valence-electron chi connectivity index (χ3n) is 1.55. The first-order valence-corrected chi connectivity index (χ1v) is 5.16. The van der Waals surface area contributed by atoms with Crippen molar-refractivity contribution in [2.45, 2.75) is 6.42 Å². The molecule has 0 bridgehead atoms. The normalized spacial score (nSPS) is 9.31. The summed E-state index contributed by atoms with van der Waals surface area (Å²) in [5.74, 6) is 0.256. The van der Waals surface area contributed by atoms with Gasteiger partial charge in [-0.15, -0.1) is 0 Å². The molecule has 0 radical (unpaired) electrons. The van der Waals surface area contributed by atoms with Gasteiger partial charge in [-0.2, -0.15) is 5.26 Å². The van der Waals surface area contributed by atoms with Crippen molar-refractivity contribution in [1.29, 1.82) is 5.26 Å². The van der Waals surface area contributed by atoms with Gasteiger partial charge in [0.1, 0.15) is 5.75 Å². The van der Waals surface area contributed by atoms with E-state index >= 15 is 0 Å². The lowest BCUT2D eigenvalue weighted by Crippen LogP contribution is -2.27. The summed E-state index contributed by atoms with van der Waals surface area (Å²) in [4.78, 5) is 11.2. The number of ether oxygens (including phenoxy) is 1. The van der Waals surface area contributed by atoms with Gasteiger partial charge >= 0.3 is 6.09 Å². The zero-order valence-corrected chi connectivity index (χ0v) is 9.68. The quantitative estimate of drug-likeness (QED) is 0.848.